The molecule has 2 aromatic carbocycles. The normalized spacial score (nSPS) is 10.8. The maximum atomic E-state index is 12.4. The third kappa shape index (κ3) is 6.57. The Morgan fingerprint density at radius 3 is 2.48 bits per heavy atom. The summed E-state index contributed by atoms with van der Waals surface area (Å²) in [5, 5.41) is 13.3. The molecule has 1 amide bonds. The van der Waals surface area contributed by atoms with E-state index in [1.807, 2.05) is 26.0 Å². The second-order valence-electron chi connectivity index (χ2n) is 6.12. The van der Waals surface area contributed by atoms with Gasteiger partial charge in [0, 0.05) is 10.5 Å². The summed E-state index contributed by atoms with van der Waals surface area (Å²) < 4.78 is 12.5. The average molecular weight is 528 g/mol. The molecule has 29 heavy (non-hydrogen) atoms. The maximum absolute atomic E-state index is 12.4. The van der Waals surface area contributed by atoms with Crippen molar-refractivity contribution in [2.24, 2.45) is 0 Å². The van der Waals surface area contributed by atoms with Crippen LogP contribution in [0.3, 0.4) is 0 Å². The Morgan fingerprint density at radius 2 is 1.83 bits per heavy atom. The molecule has 0 aliphatic carbocycles. The Balaban J connectivity index is 2.15. The maximum Gasteiger partial charge on any atom is 0.262 e. The lowest BCUT2D eigenvalue weighted by Crippen LogP contribution is -2.21. The van der Waals surface area contributed by atoms with E-state index in [0.717, 1.165) is 21.8 Å². The first-order chi connectivity index (χ1) is 13.7. The number of rotatable bonds is 8. The number of nitro groups is 1. The van der Waals surface area contributed by atoms with Crippen molar-refractivity contribution in [1.82, 2.24) is 0 Å². The third-order valence-electron chi connectivity index (χ3n) is 3.93. The number of anilines is 1. The van der Waals surface area contributed by atoms with E-state index < -0.39 is 4.92 Å². The van der Waals surface area contributed by atoms with Crippen molar-refractivity contribution in [3.05, 3.63) is 66.2 Å². The van der Waals surface area contributed by atoms with Crippen LogP contribution in [0.4, 0.5) is 5.69 Å². The molecule has 2 rings (SSSR count). The molecule has 154 valence electrons. The lowest BCUT2D eigenvalue weighted by Gasteiger charge is -2.15. The predicted molar refractivity (Wildman–Crippen MR) is 119 cm³/mol. The van der Waals surface area contributed by atoms with Crippen LogP contribution >= 0.6 is 31.9 Å². The summed E-state index contributed by atoms with van der Waals surface area (Å²) in [4.78, 5) is 22.3. The minimum absolute atomic E-state index is 0.234. The van der Waals surface area contributed by atoms with Gasteiger partial charge in [0.05, 0.1) is 21.7 Å². The Bertz CT molecular complexity index is 960. The van der Waals surface area contributed by atoms with Crippen molar-refractivity contribution in [2.45, 2.75) is 20.8 Å². The van der Waals surface area contributed by atoms with Crippen LogP contribution in [0.1, 0.15) is 23.6 Å². The second kappa shape index (κ2) is 10.4. The molecule has 1 N–H and O–H groups in total. The van der Waals surface area contributed by atoms with E-state index in [1.54, 1.807) is 19.1 Å². The zero-order chi connectivity index (χ0) is 21.6. The summed E-state index contributed by atoms with van der Waals surface area (Å²) in [5.41, 5.74) is 3.39. The van der Waals surface area contributed by atoms with Crippen LogP contribution in [0.5, 0.6) is 11.5 Å². The number of hydrogen-bond acceptors (Lipinski definition) is 5. The number of nitrogens with zero attached hydrogens (tertiary/aromatic N) is 1. The van der Waals surface area contributed by atoms with Crippen molar-refractivity contribution >= 4 is 49.5 Å². The van der Waals surface area contributed by atoms with E-state index in [4.69, 9.17) is 9.47 Å². The lowest BCUT2D eigenvalue weighted by atomic mass is 10.1. The van der Waals surface area contributed by atoms with Gasteiger partial charge in [-0.05, 0) is 93.6 Å². The molecule has 9 heteroatoms. The van der Waals surface area contributed by atoms with Crippen LogP contribution in [-0.4, -0.2) is 24.0 Å². The fraction of sp³-hybridized carbons (Fsp3) is 0.250. The molecule has 0 aliphatic rings. The highest BCUT2D eigenvalue weighted by atomic mass is 79.9. The van der Waals surface area contributed by atoms with Gasteiger partial charge in [-0.2, -0.15) is 0 Å². The molecular weight excluding hydrogens is 508 g/mol. The van der Waals surface area contributed by atoms with E-state index in [2.05, 4.69) is 37.2 Å². The van der Waals surface area contributed by atoms with Crippen molar-refractivity contribution < 1.29 is 19.2 Å². The first-order valence-electron chi connectivity index (χ1n) is 8.68. The number of carbonyl (C=O) groups is 1. The Kier molecular flexibility index (Phi) is 8.21. The lowest BCUT2D eigenvalue weighted by molar-refractivity contribution is -0.400. The van der Waals surface area contributed by atoms with Gasteiger partial charge in [0.15, 0.2) is 18.1 Å². The molecule has 0 saturated heterocycles. The van der Waals surface area contributed by atoms with Crippen molar-refractivity contribution in [3.8, 4) is 11.5 Å². The Hall–Kier alpha value is -2.39. The molecular formula is C20H20Br2N2O5. The average Bonchev–Trinajstić information content (AvgIpc) is 2.64. The number of nitrogens with one attached hydrogen (secondary N) is 1. The van der Waals surface area contributed by atoms with Crippen LogP contribution in [0, 0.1) is 24.0 Å². The topological polar surface area (TPSA) is 90.7 Å². The number of benzene rings is 2. The van der Waals surface area contributed by atoms with Crippen LogP contribution in [0.15, 0.2) is 39.4 Å². The molecule has 0 spiro atoms. The molecule has 0 heterocycles. The monoisotopic (exact) mass is 526 g/mol. The van der Waals surface area contributed by atoms with Crippen molar-refractivity contribution in [1.29, 1.82) is 0 Å². The summed E-state index contributed by atoms with van der Waals surface area (Å²) in [6.07, 6.45) is 2.19. The zero-order valence-corrected chi connectivity index (χ0v) is 19.3. The van der Waals surface area contributed by atoms with Crippen LogP contribution in [0.2, 0.25) is 0 Å². The van der Waals surface area contributed by atoms with Gasteiger partial charge in [0.1, 0.15) is 0 Å². The minimum Gasteiger partial charge on any atom is -0.490 e. The standard InChI is InChI=1S/C20H20Br2N2O5/c1-4-28-18-10-14(5-6-24(26)27)9-16(22)20(18)29-11-19(25)23-17-8-13(3)12(2)7-15(17)21/h5-10H,4,11H2,1-3H3,(H,23,25)/b6-5-. The molecule has 7 nitrogen and oxygen atoms in total. The molecule has 0 unspecified atom stereocenters. The fourth-order valence-corrected chi connectivity index (χ4v) is 3.57. The van der Waals surface area contributed by atoms with E-state index in [1.165, 1.54) is 6.08 Å². The number of aryl methyl sites for hydroxylation is 2. The molecule has 0 fully saturated rings. The summed E-state index contributed by atoms with van der Waals surface area (Å²) in [6.45, 7) is 5.90. The van der Waals surface area contributed by atoms with E-state index in [-0.39, 0.29) is 12.5 Å². The summed E-state index contributed by atoms with van der Waals surface area (Å²) in [6, 6.07) is 7.08. The first-order valence-corrected chi connectivity index (χ1v) is 10.3. The van der Waals surface area contributed by atoms with Crippen LogP contribution in [-0.2, 0) is 4.79 Å². The van der Waals surface area contributed by atoms with Gasteiger partial charge >= 0.3 is 0 Å². The van der Waals surface area contributed by atoms with Crippen LogP contribution in [0.25, 0.3) is 6.08 Å². The van der Waals surface area contributed by atoms with E-state index in [0.29, 0.717) is 33.8 Å². The molecule has 0 radical (unpaired) electrons. The minimum atomic E-state index is -0.548. The highest BCUT2D eigenvalue weighted by Crippen LogP contribution is 2.37. The van der Waals surface area contributed by atoms with Gasteiger partial charge < -0.3 is 14.8 Å². The fourth-order valence-electron chi connectivity index (χ4n) is 2.43. The molecule has 0 aliphatic heterocycles. The summed E-state index contributed by atoms with van der Waals surface area (Å²) >= 11 is 6.82. The molecule has 0 saturated carbocycles. The number of hydrogen-bond donors (Lipinski definition) is 1. The highest BCUT2D eigenvalue weighted by molar-refractivity contribution is 9.11. The van der Waals surface area contributed by atoms with Gasteiger partial charge in [-0.3, -0.25) is 14.9 Å². The van der Waals surface area contributed by atoms with E-state index in [9.17, 15) is 14.9 Å². The number of halogens is 2. The van der Waals surface area contributed by atoms with Gasteiger partial charge in [-0.25, -0.2) is 0 Å². The number of carbonyl (C=O) groups excluding carboxylic acids is 1. The van der Waals surface area contributed by atoms with Gasteiger partial charge in [-0.15, -0.1) is 0 Å². The number of ether oxygens (including phenoxy) is 2. The van der Waals surface area contributed by atoms with Gasteiger partial charge in [0.2, 0.25) is 6.20 Å². The largest absolute Gasteiger partial charge is 0.490 e. The quantitative estimate of drug-likeness (QED) is 0.362. The Labute approximate surface area is 185 Å². The van der Waals surface area contributed by atoms with Crippen molar-refractivity contribution in [3.63, 3.8) is 0 Å². The van der Waals surface area contributed by atoms with Gasteiger partial charge in [0.25, 0.3) is 5.91 Å². The third-order valence-corrected chi connectivity index (χ3v) is 5.17. The zero-order valence-electron chi connectivity index (χ0n) is 16.1. The first kappa shape index (κ1) is 22.9. The highest BCUT2D eigenvalue weighted by Gasteiger charge is 2.15. The second-order valence-corrected chi connectivity index (χ2v) is 7.83. The molecule has 0 bridgehead atoms. The smallest absolute Gasteiger partial charge is 0.262 e. The van der Waals surface area contributed by atoms with Gasteiger partial charge in [-0.1, -0.05) is 0 Å². The molecule has 2 aromatic rings. The SMILES string of the molecule is CCOc1cc(/C=C\[N+](=O)[O-])cc(Br)c1OCC(=O)Nc1cc(C)c(C)cc1Br. The van der Waals surface area contributed by atoms with Crippen molar-refractivity contribution in [2.75, 3.05) is 18.5 Å². The van der Waals surface area contributed by atoms with Crippen LogP contribution < -0.4 is 14.8 Å². The summed E-state index contributed by atoms with van der Waals surface area (Å²) in [5.74, 6) is 0.394. The number of amides is 1. The molecule has 0 atom stereocenters. The Morgan fingerprint density at radius 1 is 1.14 bits per heavy atom. The summed E-state index contributed by atoms with van der Waals surface area (Å²) in [7, 11) is 0. The molecule has 0 aromatic heterocycles. The van der Waals surface area contributed by atoms with E-state index >= 15 is 0 Å². The predicted octanol–water partition coefficient (Wildman–Crippen LogP) is 5.49.